The summed E-state index contributed by atoms with van der Waals surface area (Å²) in [7, 11) is -16.7. The van der Waals surface area contributed by atoms with E-state index in [1.807, 2.05) is 0 Å². The molecule has 0 aromatic carbocycles. The van der Waals surface area contributed by atoms with E-state index in [0.717, 1.165) is 0 Å². The van der Waals surface area contributed by atoms with Gasteiger partial charge in [-0.25, -0.2) is 18.5 Å². The summed E-state index contributed by atoms with van der Waals surface area (Å²) >= 11 is 0. The number of aliphatic hydroxyl groups is 20. The molecule has 29 N–H and O–H groups in total. The Morgan fingerprint density at radius 3 is 1.35 bits per heavy atom. The summed E-state index contributed by atoms with van der Waals surface area (Å²) in [6, 6.07) is 0. The predicted octanol–water partition coefficient (Wildman–Crippen LogP) is -15.9. The molecule has 6 aliphatic rings. The van der Waals surface area contributed by atoms with Crippen LogP contribution in [-0.4, -0.2) is 401 Å². The van der Waals surface area contributed by atoms with Gasteiger partial charge in [0.15, 0.2) is 31.5 Å². The average Bonchev–Trinajstić information content (AvgIpc) is 0.766. The van der Waals surface area contributed by atoms with E-state index in [9.17, 15) is 145 Å². The maximum absolute atomic E-state index is 13.1. The summed E-state index contributed by atoms with van der Waals surface area (Å²) in [5.41, 5.74) is 10.7. The average molecular weight is 1470 g/mol. The molecule has 47 nitrogen and oxygen atoms in total. The lowest BCUT2D eigenvalue weighted by molar-refractivity contribution is -0.416. The number of hydrogen-bond acceptors (Lipinski definition) is 42. The third kappa shape index (κ3) is 19.8. The fourth-order valence-corrected chi connectivity index (χ4v) is 13.1. The number of carboxylic acid groups (broad SMARTS) is 1. The molecule has 0 aromatic rings. The lowest BCUT2D eigenvalue weighted by atomic mass is 9.91. The summed E-state index contributed by atoms with van der Waals surface area (Å²) in [5, 5.41) is 230. The van der Waals surface area contributed by atoms with Gasteiger partial charge in [-0.2, -0.15) is 0 Å². The number of carbonyl (C=O) groups is 1. The molecule has 2 unspecified atom stereocenters. The van der Waals surface area contributed by atoms with Gasteiger partial charge < -0.3 is 190 Å². The lowest BCUT2D eigenvalue weighted by Crippen LogP contribution is -2.71. The van der Waals surface area contributed by atoms with Crippen molar-refractivity contribution >= 4 is 29.4 Å². The summed E-state index contributed by atoms with van der Waals surface area (Å²) in [5.74, 6) is -5.89. The van der Waals surface area contributed by atoms with Crippen LogP contribution >= 0.6 is 23.5 Å². The molecular weight excluding hydrogens is 1380 g/mol. The van der Waals surface area contributed by atoms with Crippen LogP contribution in [0.4, 0.5) is 0 Å². The van der Waals surface area contributed by atoms with Gasteiger partial charge in [0, 0.05) is 19.5 Å². The summed E-state index contributed by atoms with van der Waals surface area (Å²) in [4.78, 5) is 53.2. The van der Waals surface area contributed by atoms with Gasteiger partial charge in [0.2, 0.25) is 0 Å². The zero-order valence-corrected chi connectivity index (χ0v) is 51.8. The van der Waals surface area contributed by atoms with Crippen molar-refractivity contribution in [3.05, 3.63) is 0 Å². The van der Waals surface area contributed by atoms with Crippen LogP contribution in [0.1, 0.15) is 6.42 Å². The van der Waals surface area contributed by atoms with Crippen LogP contribution in [0.3, 0.4) is 0 Å². The van der Waals surface area contributed by atoms with Crippen LogP contribution in [0.15, 0.2) is 0 Å². The number of aliphatic carboxylic acids is 1. The van der Waals surface area contributed by atoms with Crippen molar-refractivity contribution in [2.24, 2.45) is 11.5 Å². The normalized spacial score (nSPS) is 44.1. The van der Waals surface area contributed by atoms with E-state index in [4.69, 9.17) is 81.7 Å². The number of phosphoric ester groups is 3. The molecule has 0 aliphatic carbocycles. The molecular formula is C45H83N2O45P3. The van der Waals surface area contributed by atoms with Crippen molar-refractivity contribution in [1.82, 2.24) is 0 Å². The Labute approximate surface area is 534 Å². The number of hydrogen-bond donors (Lipinski definition) is 27. The molecule has 6 rings (SSSR count). The van der Waals surface area contributed by atoms with Gasteiger partial charge in [-0.15, -0.1) is 0 Å². The molecule has 0 saturated carbocycles. The minimum Gasteiger partial charge on any atom is -0.477 e. The van der Waals surface area contributed by atoms with Gasteiger partial charge in [-0.1, -0.05) is 0 Å². The molecule has 6 heterocycles. The molecule has 0 amide bonds. The standard InChI is InChI=1S/C45H83N2O45P3/c46-1-3-77-94(73,74)91-17(10-52)33-22(59)21(58)27(64)41(83-33)87-37-24(61)23(60)34(18(11-53)92-95(75,76)78-4-2-47)84-43(37)86-36-29(66)42(85-35-14(90-93(70,71)72)5-45(69,44(67)68)89-31(35)13(55)7-49)81-30(12(54)6-48)38(36)88-40-28(65)25(62)32(16(9-51)80-40)82-39-26(63)20(57)19(56)15(8-50)79-39/h12-43,48-66,69H,1-11,46-47H2,(H,67,68)(H,73,74)(H,75,76)(H2,70,71,72)/t12-,13+,14+,15+,16+,17-,18-,19-,20-,21-,22-,23-,24-,25+,26+,27-,28+,29-,30+,31+,32+,33+,34+,35+,36+,37-,38+,39-,40-,41+,42+,43+,45+/m0/s1. The van der Waals surface area contributed by atoms with Crippen molar-refractivity contribution in [3.8, 4) is 0 Å². The molecule has 6 fully saturated rings. The van der Waals surface area contributed by atoms with Gasteiger partial charge in [-0.05, 0) is 0 Å². The van der Waals surface area contributed by atoms with Crippen molar-refractivity contribution in [2.45, 2.75) is 208 Å². The lowest BCUT2D eigenvalue weighted by Gasteiger charge is -2.52. The zero-order chi connectivity index (χ0) is 71.1. The number of carboxylic acids is 1. The Bertz CT molecular complexity index is 2520. The predicted molar refractivity (Wildman–Crippen MR) is 287 cm³/mol. The van der Waals surface area contributed by atoms with Crippen molar-refractivity contribution in [2.75, 3.05) is 65.9 Å². The zero-order valence-electron chi connectivity index (χ0n) is 49.1. The van der Waals surface area contributed by atoms with Crippen LogP contribution in [0, 0.1) is 0 Å². The first-order valence-electron chi connectivity index (χ1n) is 28.5. The van der Waals surface area contributed by atoms with Crippen LogP contribution in [0.25, 0.3) is 0 Å². The molecule has 95 heavy (non-hydrogen) atoms. The number of nitrogens with two attached hydrogens (primary N) is 2. The van der Waals surface area contributed by atoms with Crippen LogP contribution in [0.2, 0.25) is 0 Å². The molecule has 6 aliphatic heterocycles. The second-order valence-corrected chi connectivity index (χ2v) is 26.1. The van der Waals surface area contributed by atoms with E-state index in [1.165, 1.54) is 0 Å². The third-order valence-corrected chi connectivity index (χ3v) is 18.1. The smallest absolute Gasteiger partial charge is 0.472 e. The fraction of sp³-hybridized carbons (Fsp3) is 0.978. The molecule has 0 spiro atoms. The summed E-state index contributed by atoms with van der Waals surface area (Å²) < 4.78 is 126. The summed E-state index contributed by atoms with van der Waals surface area (Å²) in [6.07, 6.45) is -80.6. The van der Waals surface area contributed by atoms with Crippen molar-refractivity contribution in [1.29, 1.82) is 0 Å². The topological polar surface area (TPSA) is 774 Å². The molecule has 0 bridgehead atoms. The Balaban J connectivity index is 1.52. The maximum atomic E-state index is 13.1. The van der Waals surface area contributed by atoms with Gasteiger partial charge in [0.1, 0.15) is 165 Å². The van der Waals surface area contributed by atoms with E-state index < -0.39 is 297 Å². The molecule has 558 valence electrons. The molecule has 0 aromatic heterocycles. The van der Waals surface area contributed by atoms with Crippen molar-refractivity contribution < 1.29 is 220 Å². The summed E-state index contributed by atoms with van der Waals surface area (Å²) in [6.45, 7) is -10.4. The first kappa shape index (κ1) is 82.4. The first-order chi connectivity index (χ1) is 44.4. The second-order valence-electron chi connectivity index (χ2n) is 22.1. The van der Waals surface area contributed by atoms with E-state index in [0.29, 0.717) is 0 Å². The maximum Gasteiger partial charge on any atom is 0.472 e. The number of rotatable bonds is 33. The second kappa shape index (κ2) is 35.1. The Kier molecular flexibility index (Phi) is 30.5. The van der Waals surface area contributed by atoms with E-state index in [-0.39, 0.29) is 6.54 Å². The number of aliphatic hydroxyl groups excluding tert-OH is 19. The van der Waals surface area contributed by atoms with Gasteiger partial charge in [0.05, 0.1) is 52.9 Å². The van der Waals surface area contributed by atoms with Crippen LogP contribution in [-0.2, 0) is 93.2 Å². The SMILES string of the molecule is NCCOP(=O)(O)O[C@@H](CO)[C@H]1O[C@H](O[C@@H]2[C@@H](O[C@@H]3[C@H](O)[C@@H](O[C@H]4[C@@H]([C@H](O)CO)O[C@@](O)(C(=O)O)C[C@H]4OP(=O)(O)O)O[C@H]([C@@H](O)CO)[C@H]3O[C@@H]3O[C@H](CO)[C@@H](O[C@@H]4O[C@H](CO)[C@H](O)[C@H](O)[C@H]4O)[C@H](O)[C@H]3O)O[C@H]([C@H](CO)OP(=O)(O)OCCN)[C@@H](O)[C@@H]2O)[C@@H](O)[C@@H](O)[C@@H]1O. The number of phosphoric acid groups is 3. The van der Waals surface area contributed by atoms with E-state index >= 15 is 0 Å². The Morgan fingerprint density at radius 1 is 0.463 bits per heavy atom. The van der Waals surface area contributed by atoms with Gasteiger partial charge in [0.25, 0.3) is 5.79 Å². The molecule has 35 atom stereocenters. The monoisotopic (exact) mass is 1460 g/mol. The minimum absolute atomic E-state index is 0.376. The quantitative estimate of drug-likeness (QED) is 0.0271. The van der Waals surface area contributed by atoms with Gasteiger partial charge >= 0.3 is 29.4 Å². The number of ether oxygens (including phenoxy) is 11. The highest BCUT2D eigenvalue weighted by atomic mass is 31.2. The fourth-order valence-electron chi connectivity index (χ4n) is 10.7. The minimum atomic E-state index is -5.94. The first-order valence-corrected chi connectivity index (χ1v) is 33.1. The highest BCUT2D eigenvalue weighted by Crippen LogP contribution is 2.49. The molecule has 50 heteroatoms. The Morgan fingerprint density at radius 2 is 0.863 bits per heavy atom. The largest absolute Gasteiger partial charge is 0.477 e. The Hall–Kier alpha value is -1.52. The molecule has 0 radical (unpaired) electrons. The van der Waals surface area contributed by atoms with Crippen LogP contribution in [0.5, 0.6) is 0 Å². The van der Waals surface area contributed by atoms with Crippen LogP contribution < -0.4 is 11.5 Å². The third-order valence-electron chi connectivity index (χ3n) is 15.5. The van der Waals surface area contributed by atoms with Gasteiger partial charge in [-0.3, -0.25) is 22.6 Å². The van der Waals surface area contributed by atoms with Crippen molar-refractivity contribution in [3.63, 3.8) is 0 Å². The van der Waals surface area contributed by atoms with E-state index in [2.05, 4.69) is 4.52 Å². The highest BCUT2D eigenvalue weighted by molar-refractivity contribution is 7.47. The molecule has 6 saturated heterocycles. The van der Waals surface area contributed by atoms with E-state index in [1.54, 1.807) is 0 Å². The highest BCUT2D eigenvalue weighted by Gasteiger charge is 2.62.